The van der Waals surface area contributed by atoms with Crippen LogP contribution >= 0.6 is 0 Å². The van der Waals surface area contributed by atoms with Crippen molar-refractivity contribution >= 4 is 0 Å². The molecule has 3 heteroatoms. The van der Waals surface area contributed by atoms with Crippen molar-refractivity contribution in [3.8, 4) is 0 Å². The number of rotatable bonds is 7. The van der Waals surface area contributed by atoms with Crippen molar-refractivity contribution in [1.29, 1.82) is 0 Å². The fraction of sp³-hybridized carbons (Fsp3) is 0.812. The van der Waals surface area contributed by atoms with E-state index >= 15 is 0 Å². The summed E-state index contributed by atoms with van der Waals surface area (Å²) in [7, 11) is 0. The fourth-order valence-corrected chi connectivity index (χ4v) is 3.70. The van der Waals surface area contributed by atoms with Gasteiger partial charge in [-0.25, -0.2) is 0 Å². The molecule has 1 aromatic heterocycles. The van der Waals surface area contributed by atoms with Crippen LogP contribution in [0.15, 0.2) is 12.4 Å². The van der Waals surface area contributed by atoms with E-state index in [2.05, 4.69) is 37.4 Å². The Morgan fingerprint density at radius 1 is 1.32 bits per heavy atom. The highest BCUT2D eigenvalue weighted by Gasteiger charge is 2.39. The van der Waals surface area contributed by atoms with Crippen LogP contribution in [0, 0.1) is 5.41 Å². The molecule has 1 atom stereocenters. The number of hydrogen-bond donors (Lipinski definition) is 1. The van der Waals surface area contributed by atoms with Gasteiger partial charge in [-0.1, -0.05) is 26.7 Å². The maximum atomic E-state index is 4.41. The topological polar surface area (TPSA) is 29.9 Å². The van der Waals surface area contributed by atoms with Crippen LogP contribution < -0.4 is 5.32 Å². The van der Waals surface area contributed by atoms with Crippen molar-refractivity contribution in [1.82, 2.24) is 15.1 Å². The SMILES string of the molecule is CCNC(Cc1cnn(CC)c1)C1(CC)CCCC1. The zero-order chi connectivity index (χ0) is 13.7. The maximum Gasteiger partial charge on any atom is 0.0522 e. The van der Waals surface area contributed by atoms with Gasteiger partial charge in [0.15, 0.2) is 0 Å². The van der Waals surface area contributed by atoms with E-state index in [-0.39, 0.29) is 0 Å². The molecular formula is C16H29N3. The minimum Gasteiger partial charge on any atom is -0.313 e. The second-order valence-electron chi connectivity index (χ2n) is 5.94. The highest BCUT2D eigenvalue weighted by Crippen LogP contribution is 2.44. The van der Waals surface area contributed by atoms with Crippen molar-refractivity contribution < 1.29 is 0 Å². The van der Waals surface area contributed by atoms with Gasteiger partial charge in [-0.15, -0.1) is 0 Å². The van der Waals surface area contributed by atoms with Crippen molar-refractivity contribution in [2.75, 3.05) is 6.54 Å². The molecule has 19 heavy (non-hydrogen) atoms. The van der Waals surface area contributed by atoms with Crippen molar-refractivity contribution in [3.05, 3.63) is 18.0 Å². The molecule has 1 unspecified atom stereocenters. The Labute approximate surface area is 117 Å². The average molecular weight is 263 g/mol. The molecule has 1 saturated carbocycles. The molecule has 2 rings (SSSR count). The first-order valence-corrected chi connectivity index (χ1v) is 7.98. The van der Waals surface area contributed by atoms with Gasteiger partial charge in [0.25, 0.3) is 0 Å². The summed E-state index contributed by atoms with van der Waals surface area (Å²) in [5.74, 6) is 0. The molecule has 3 nitrogen and oxygen atoms in total. The summed E-state index contributed by atoms with van der Waals surface area (Å²) in [6.07, 6.45) is 12.3. The molecule has 1 aliphatic carbocycles. The minimum atomic E-state index is 0.518. The van der Waals surface area contributed by atoms with E-state index in [1.54, 1.807) is 0 Å². The summed E-state index contributed by atoms with van der Waals surface area (Å²) in [4.78, 5) is 0. The van der Waals surface area contributed by atoms with E-state index < -0.39 is 0 Å². The number of nitrogens with zero attached hydrogens (tertiary/aromatic N) is 2. The largest absolute Gasteiger partial charge is 0.313 e. The Morgan fingerprint density at radius 2 is 2.05 bits per heavy atom. The fourth-order valence-electron chi connectivity index (χ4n) is 3.70. The molecule has 0 amide bonds. The van der Waals surface area contributed by atoms with E-state index in [4.69, 9.17) is 0 Å². The number of likely N-dealkylation sites (N-methyl/N-ethyl adjacent to an activating group) is 1. The summed E-state index contributed by atoms with van der Waals surface area (Å²) in [6.45, 7) is 8.76. The van der Waals surface area contributed by atoms with Gasteiger partial charge in [0.05, 0.1) is 6.20 Å². The van der Waals surface area contributed by atoms with Gasteiger partial charge in [0.1, 0.15) is 0 Å². The van der Waals surface area contributed by atoms with Gasteiger partial charge in [0.2, 0.25) is 0 Å². The van der Waals surface area contributed by atoms with Gasteiger partial charge in [-0.3, -0.25) is 4.68 Å². The van der Waals surface area contributed by atoms with Crippen LogP contribution in [0.4, 0.5) is 0 Å². The molecule has 0 spiro atoms. The van der Waals surface area contributed by atoms with Crippen LogP contribution in [0.25, 0.3) is 0 Å². The number of aromatic nitrogens is 2. The normalized spacial score (nSPS) is 19.7. The van der Waals surface area contributed by atoms with Crippen LogP contribution in [-0.4, -0.2) is 22.4 Å². The lowest BCUT2D eigenvalue weighted by Gasteiger charge is -2.37. The van der Waals surface area contributed by atoms with E-state index in [9.17, 15) is 0 Å². The second-order valence-corrected chi connectivity index (χ2v) is 5.94. The zero-order valence-corrected chi connectivity index (χ0v) is 12.8. The number of aryl methyl sites for hydroxylation is 1. The summed E-state index contributed by atoms with van der Waals surface area (Å²) >= 11 is 0. The summed E-state index contributed by atoms with van der Waals surface area (Å²) in [6, 6.07) is 0.611. The number of hydrogen-bond acceptors (Lipinski definition) is 2. The van der Waals surface area contributed by atoms with Crippen molar-refractivity contribution in [3.63, 3.8) is 0 Å². The molecule has 108 valence electrons. The molecular weight excluding hydrogens is 234 g/mol. The Hall–Kier alpha value is -0.830. The lowest BCUT2D eigenvalue weighted by molar-refractivity contribution is 0.186. The molecule has 0 radical (unpaired) electrons. The van der Waals surface area contributed by atoms with Gasteiger partial charge in [-0.05, 0) is 50.1 Å². The summed E-state index contributed by atoms with van der Waals surface area (Å²) in [5, 5.41) is 8.17. The molecule has 0 bridgehead atoms. The summed E-state index contributed by atoms with van der Waals surface area (Å²) < 4.78 is 2.03. The highest BCUT2D eigenvalue weighted by molar-refractivity contribution is 5.09. The van der Waals surface area contributed by atoms with E-state index in [0.29, 0.717) is 11.5 Å². The van der Waals surface area contributed by atoms with Crippen molar-refractivity contribution in [2.24, 2.45) is 5.41 Å². The standard InChI is InChI=1S/C16H29N3/c1-4-16(9-7-8-10-16)15(17-5-2)11-14-12-18-19(6-3)13-14/h12-13,15,17H,4-11H2,1-3H3. The first-order chi connectivity index (χ1) is 9.24. The monoisotopic (exact) mass is 263 g/mol. The molecule has 1 N–H and O–H groups in total. The maximum absolute atomic E-state index is 4.41. The molecule has 1 aliphatic rings. The Morgan fingerprint density at radius 3 is 2.58 bits per heavy atom. The van der Waals surface area contributed by atoms with Crippen LogP contribution in [0.3, 0.4) is 0 Å². The third-order valence-corrected chi connectivity index (χ3v) is 4.94. The van der Waals surface area contributed by atoms with Crippen LogP contribution in [0.1, 0.15) is 58.4 Å². The zero-order valence-electron chi connectivity index (χ0n) is 12.8. The first kappa shape index (κ1) is 14.6. The quantitative estimate of drug-likeness (QED) is 0.817. The van der Waals surface area contributed by atoms with Crippen LogP contribution in [0.2, 0.25) is 0 Å². The van der Waals surface area contributed by atoms with Crippen LogP contribution in [-0.2, 0) is 13.0 Å². The smallest absolute Gasteiger partial charge is 0.0522 e. The number of nitrogens with one attached hydrogen (secondary N) is 1. The highest BCUT2D eigenvalue weighted by atomic mass is 15.3. The molecule has 1 fully saturated rings. The summed E-state index contributed by atoms with van der Waals surface area (Å²) in [5.41, 5.74) is 1.90. The van der Waals surface area contributed by atoms with Crippen LogP contribution in [0.5, 0.6) is 0 Å². The molecule has 1 aromatic rings. The van der Waals surface area contributed by atoms with Gasteiger partial charge >= 0.3 is 0 Å². The second kappa shape index (κ2) is 6.56. The first-order valence-electron chi connectivity index (χ1n) is 7.98. The Kier molecular flexibility index (Phi) is 5.03. The average Bonchev–Trinajstić information content (AvgIpc) is 3.07. The Bertz CT molecular complexity index is 377. The van der Waals surface area contributed by atoms with E-state index in [1.165, 1.54) is 37.7 Å². The third kappa shape index (κ3) is 3.19. The molecule has 0 aromatic carbocycles. The molecule has 0 saturated heterocycles. The lowest BCUT2D eigenvalue weighted by Crippen LogP contribution is -2.45. The predicted octanol–water partition coefficient (Wildman–Crippen LogP) is 3.39. The van der Waals surface area contributed by atoms with Gasteiger partial charge in [0, 0.05) is 18.8 Å². The third-order valence-electron chi connectivity index (χ3n) is 4.94. The van der Waals surface area contributed by atoms with Gasteiger partial charge in [-0.2, -0.15) is 5.10 Å². The van der Waals surface area contributed by atoms with E-state index in [0.717, 1.165) is 19.5 Å². The minimum absolute atomic E-state index is 0.518. The van der Waals surface area contributed by atoms with E-state index in [1.807, 2.05) is 10.9 Å². The van der Waals surface area contributed by atoms with Gasteiger partial charge < -0.3 is 5.32 Å². The molecule has 1 heterocycles. The predicted molar refractivity (Wildman–Crippen MR) is 80.3 cm³/mol. The Balaban J connectivity index is 2.10. The molecule has 0 aliphatic heterocycles. The lowest BCUT2D eigenvalue weighted by atomic mass is 9.74. The van der Waals surface area contributed by atoms with Crippen molar-refractivity contribution in [2.45, 2.75) is 71.9 Å².